The number of aryl methyl sites for hydroxylation is 2. The zero-order chi connectivity index (χ0) is 21.8. The Bertz CT molecular complexity index is 962. The molecule has 2 N–H and O–H groups in total. The number of hydrogen-bond acceptors (Lipinski definition) is 5. The molecule has 2 aliphatic heterocycles. The van der Waals surface area contributed by atoms with Crippen LogP contribution in [0, 0.1) is 0 Å². The lowest BCUT2D eigenvalue weighted by atomic mass is 10.1. The highest BCUT2D eigenvalue weighted by molar-refractivity contribution is 6.21. The summed E-state index contributed by atoms with van der Waals surface area (Å²) in [5.74, 6) is 2.33. The van der Waals surface area contributed by atoms with E-state index in [0.29, 0.717) is 24.2 Å². The van der Waals surface area contributed by atoms with Gasteiger partial charge in [-0.1, -0.05) is 19.1 Å². The molecule has 0 saturated heterocycles. The number of nitrogens with zero attached hydrogens (tertiary/aromatic N) is 5. The SMILES string of the molecule is CCc1nc2n(n1)CC(NC(=NC)NCCCCN1C(=O)c3ccccc3C1=O)CC2. The van der Waals surface area contributed by atoms with Crippen LogP contribution in [0.15, 0.2) is 29.3 Å². The molecule has 0 saturated carbocycles. The molecule has 2 aliphatic rings. The molecule has 2 amide bonds. The van der Waals surface area contributed by atoms with Gasteiger partial charge in [0.25, 0.3) is 11.8 Å². The summed E-state index contributed by atoms with van der Waals surface area (Å²) in [5, 5.41) is 11.3. The minimum absolute atomic E-state index is 0.193. The fourth-order valence-corrected chi connectivity index (χ4v) is 4.06. The molecule has 9 heteroatoms. The summed E-state index contributed by atoms with van der Waals surface area (Å²) in [6.07, 6.45) is 4.30. The number of amides is 2. The van der Waals surface area contributed by atoms with Gasteiger partial charge in [-0.05, 0) is 31.4 Å². The number of aromatic nitrogens is 3. The largest absolute Gasteiger partial charge is 0.356 e. The number of rotatable bonds is 7. The first-order chi connectivity index (χ1) is 15.1. The summed E-state index contributed by atoms with van der Waals surface area (Å²) in [4.78, 5) is 35.0. The number of hydrogen-bond donors (Lipinski definition) is 2. The van der Waals surface area contributed by atoms with E-state index >= 15 is 0 Å². The number of benzene rings is 1. The number of carbonyl (C=O) groups excluding carboxylic acids is 2. The second-order valence-electron chi connectivity index (χ2n) is 7.87. The van der Waals surface area contributed by atoms with Crippen molar-refractivity contribution in [2.24, 2.45) is 4.99 Å². The molecule has 0 bridgehead atoms. The lowest BCUT2D eigenvalue weighted by Gasteiger charge is -2.25. The quantitative estimate of drug-likeness (QED) is 0.302. The molecule has 9 nitrogen and oxygen atoms in total. The Hall–Kier alpha value is -3.23. The third-order valence-electron chi connectivity index (χ3n) is 5.76. The van der Waals surface area contributed by atoms with Gasteiger partial charge in [-0.2, -0.15) is 5.10 Å². The van der Waals surface area contributed by atoms with Gasteiger partial charge in [-0.15, -0.1) is 0 Å². The first-order valence-electron chi connectivity index (χ1n) is 11.0. The highest BCUT2D eigenvalue weighted by Gasteiger charge is 2.34. The number of carbonyl (C=O) groups is 2. The highest BCUT2D eigenvalue weighted by atomic mass is 16.2. The number of aliphatic imine (C=N–C) groups is 1. The maximum atomic E-state index is 12.4. The van der Waals surface area contributed by atoms with Gasteiger partial charge in [0.15, 0.2) is 11.8 Å². The van der Waals surface area contributed by atoms with Crippen LogP contribution in [0.2, 0.25) is 0 Å². The van der Waals surface area contributed by atoms with E-state index in [9.17, 15) is 9.59 Å². The van der Waals surface area contributed by atoms with Gasteiger partial charge in [-0.25, -0.2) is 9.67 Å². The third-order valence-corrected chi connectivity index (χ3v) is 5.76. The number of fused-ring (bicyclic) bond motifs is 2. The Morgan fingerprint density at radius 3 is 2.61 bits per heavy atom. The minimum Gasteiger partial charge on any atom is -0.356 e. The molecule has 1 unspecified atom stereocenters. The van der Waals surface area contributed by atoms with E-state index in [0.717, 1.165) is 56.3 Å². The van der Waals surface area contributed by atoms with Gasteiger partial charge in [-0.3, -0.25) is 19.5 Å². The monoisotopic (exact) mass is 423 g/mol. The van der Waals surface area contributed by atoms with Gasteiger partial charge in [0.05, 0.1) is 17.7 Å². The Balaban J connectivity index is 1.19. The Labute approximate surface area is 181 Å². The number of imide groups is 1. The lowest BCUT2D eigenvalue weighted by molar-refractivity contribution is 0.0652. The second kappa shape index (κ2) is 9.28. The van der Waals surface area contributed by atoms with Crippen molar-refractivity contribution in [3.63, 3.8) is 0 Å². The average Bonchev–Trinajstić information content (AvgIpc) is 3.32. The first-order valence-corrected chi connectivity index (χ1v) is 11.0. The minimum atomic E-state index is -0.193. The molecule has 0 spiro atoms. The summed E-state index contributed by atoms with van der Waals surface area (Å²) < 4.78 is 2.00. The van der Waals surface area contributed by atoms with Crippen molar-refractivity contribution in [1.29, 1.82) is 0 Å². The molecule has 0 fully saturated rings. The Morgan fingerprint density at radius 2 is 1.94 bits per heavy atom. The fourth-order valence-electron chi connectivity index (χ4n) is 4.06. The van der Waals surface area contributed by atoms with Crippen LogP contribution in [0.4, 0.5) is 0 Å². The Kier molecular flexibility index (Phi) is 6.29. The summed E-state index contributed by atoms with van der Waals surface area (Å²) in [7, 11) is 1.76. The van der Waals surface area contributed by atoms with E-state index in [1.807, 2.05) is 4.68 Å². The molecule has 1 atom stereocenters. The third kappa shape index (κ3) is 4.45. The molecule has 0 aliphatic carbocycles. The maximum Gasteiger partial charge on any atom is 0.261 e. The second-order valence-corrected chi connectivity index (χ2v) is 7.87. The number of guanidine groups is 1. The van der Waals surface area contributed by atoms with E-state index in [1.54, 1.807) is 31.3 Å². The fraction of sp³-hybridized carbons (Fsp3) is 0.500. The van der Waals surface area contributed by atoms with E-state index < -0.39 is 0 Å². The van der Waals surface area contributed by atoms with Gasteiger partial charge in [0, 0.05) is 39.0 Å². The molecule has 1 aromatic heterocycles. The van der Waals surface area contributed by atoms with E-state index in [4.69, 9.17) is 0 Å². The predicted molar refractivity (Wildman–Crippen MR) is 117 cm³/mol. The van der Waals surface area contributed by atoms with Crippen molar-refractivity contribution in [2.45, 2.75) is 51.6 Å². The summed E-state index contributed by atoms with van der Waals surface area (Å²) >= 11 is 0. The van der Waals surface area contributed by atoms with Crippen LogP contribution >= 0.6 is 0 Å². The zero-order valence-corrected chi connectivity index (χ0v) is 18.1. The normalized spacial score (nSPS) is 18.2. The molecular formula is C22H29N7O2. The van der Waals surface area contributed by atoms with Crippen LogP contribution in [0.5, 0.6) is 0 Å². The summed E-state index contributed by atoms with van der Waals surface area (Å²) in [6.45, 7) is 3.99. The van der Waals surface area contributed by atoms with Crippen LogP contribution in [-0.2, 0) is 19.4 Å². The molecule has 3 heterocycles. The van der Waals surface area contributed by atoms with Crippen LogP contribution in [0.3, 0.4) is 0 Å². The number of nitrogens with one attached hydrogen (secondary N) is 2. The van der Waals surface area contributed by atoms with Crippen molar-refractivity contribution >= 4 is 17.8 Å². The van der Waals surface area contributed by atoms with Crippen molar-refractivity contribution in [3.8, 4) is 0 Å². The standard InChI is InChI=1S/C22H29N7O2/c1-3-18-26-19-11-10-15(14-29(19)27-18)25-22(23-2)24-12-6-7-13-28-20(30)16-8-4-5-9-17(16)21(28)31/h4-5,8-9,15H,3,6-7,10-14H2,1-2H3,(H2,23,24,25). The van der Waals surface area contributed by atoms with Gasteiger partial charge < -0.3 is 10.6 Å². The molecule has 164 valence electrons. The summed E-state index contributed by atoms with van der Waals surface area (Å²) in [6, 6.07) is 7.25. The zero-order valence-electron chi connectivity index (χ0n) is 18.1. The summed E-state index contributed by atoms with van der Waals surface area (Å²) in [5.41, 5.74) is 1.01. The Morgan fingerprint density at radius 1 is 1.19 bits per heavy atom. The average molecular weight is 424 g/mol. The lowest BCUT2D eigenvalue weighted by Crippen LogP contribution is -2.47. The van der Waals surface area contributed by atoms with Gasteiger partial charge >= 0.3 is 0 Å². The number of unbranched alkanes of at least 4 members (excludes halogenated alkanes) is 1. The van der Waals surface area contributed by atoms with E-state index in [2.05, 4.69) is 32.6 Å². The van der Waals surface area contributed by atoms with Crippen molar-refractivity contribution in [1.82, 2.24) is 30.3 Å². The van der Waals surface area contributed by atoms with Crippen LogP contribution in [0.1, 0.15) is 58.6 Å². The van der Waals surface area contributed by atoms with E-state index in [1.165, 1.54) is 4.90 Å². The molecule has 0 radical (unpaired) electrons. The van der Waals surface area contributed by atoms with Gasteiger partial charge in [0.1, 0.15) is 5.82 Å². The maximum absolute atomic E-state index is 12.4. The highest BCUT2D eigenvalue weighted by Crippen LogP contribution is 2.22. The van der Waals surface area contributed by atoms with Gasteiger partial charge in [0.2, 0.25) is 0 Å². The molecule has 1 aromatic carbocycles. The first kappa shape index (κ1) is 21.0. The van der Waals surface area contributed by atoms with Crippen molar-refractivity contribution < 1.29 is 9.59 Å². The van der Waals surface area contributed by atoms with Crippen LogP contribution < -0.4 is 10.6 Å². The molecule has 4 rings (SSSR count). The molecule has 2 aromatic rings. The van der Waals surface area contributed by atoms with Crippen molar-refractivity contribution in [2.75, 3.05) is 20.1 Å². The topological polar surface area (TPSA) is 105 Å². The predicted octanol–water partition coefficient (Wildman–Crippen LogP) is 1.40. The molecular weight excluding hydrogens is 394 g/mol. The smallest absolute Gasteiger partial charge is 0.261 e. The van der Waals surface area contributed by atoms with Crippen LogP contribution in [0.25, 0.3) is 0 Å². The van der Waals surface area contributed by atoms with Crippen molar-refractivity contribution in [3.05, 3.63) is 47.0 Å². The van der Waals surface area contributed by atoms with E-state index in [-0.39, 0.29) is 17.9 Å². The molecule has 31 heavy (non-hydrogen) atoms. The van der Waals surface area contributed by atoms with Crippen LogP contribution in [-0.4, -0.2) is 63.6 Å².